The summed E-state index contributed by atoms with van der Waals surface area (Å²) in [4.78, 5) is 17.2. The van der Waals surface area contributed by atoms with Gasteiger partial charge in [-0.2, -0.15) is 13.2 Å². The minimum atomic E-state index is -4.53. The summed E-state index contributed by atoms with van der Waals surface area (Å²) < 4.78 is 48.7. The molecule has 0 N–H and O–H groups in total. The number of hydrogen-bond acceptors (Lipinski definition) is 5. The molecule has 0 radical (unpaired) electrons. The monoisotopic (exact) mass is 377 g/mol. The average molecular weight is 377 g/mol. The molecular weight excluding hydrogens is 363 g/mol. The van der Waals surface area contributed by atoms with Crippen LogP contribution in [-0.2, 0) is 17.4 Å². The van der Waals surface area contributed by atoms with Crippen LogP contribution in [0.15, 0.2) is 47.1 Å². The number of carbonyl (C=O) groups is 1. The Kier molecular flexibility index (Phi) is 4.21. The molecule has 0 bridgehead atoms. The quantitative estimate of drug-likeness (QED) is 0.699. The number of ether oxygens (including phenoxy) is 1. The lowest BCUT2D eigenvalue weighted by atomic mass is 10.1. The van der Waals surface area contributed by atoms with Crippen LogP contribution in [0.3, 0.4) is 0 Å². The van der Waals surface area contributed by atoms with E-state index in [0.717, 1.165) is 17.6 Å². The number of para-hydroxylation sites is 1. The van der Waals surface area contributed by atoms with Crippen LogP contribution in [0.2, 0.25) is 0 Å². The first-order valence-corrected chi connectivity index (χ1v) is 8.21. The van der Waals surface area contributed by atoms with Crippen LogP contribution in [-0.4, -0.2) is 40.1 Å². The third-order valence-electron chi connectivity index (χ3n) is 4.30. The van der Waals surface area contributed by atoms with Gasteiger partial charge in [0.15, 0.2) is 5.58 Å². The van der Waals surface area contributed by atoms with Crippen LogP contribution < -0.4 is 4.74 Å². The van der Waals surface area contributed by atoms with Gasteiger partial charge < -0.3 is 14.2 Å². The van der Waals surface area contributed by atoms with Crippen molar-refractivity contribution in [3.05, 3.63) is 54.0 Å². The van der Waals surface area contributed by atoms with E-state index in [2.05, 4.69) is 10.1 Å². The van der Waals surface area contributed by atoms with Crippen LogP contribution in [0.4, 0.5) is 13.2 Å². The van der Waals surface area contributed by atoms with E-state index < -0.39 is 11.9 Å². The van der Waals surface area contributed by atoms with Crippen molar-refractivity contribution < 1.29 is 27.2 Å². The fourth-order valence-corrected chi connectivity index (χ4v) is 2.87. The van der Waals surface area contributed by atoms with E-state index in [9.17, 15) is 18.0 Å². The number of nitrogens with zero attached hydrogens (tertiary/aromatic N) is 3. The zero-order valence-electron chi connectivity index (χ0n) is 13.9. The summed E-state index contributed by atoms with van der Waals surface area (Å²) in [5, 5.41) is 4.72. The van der Waals surface area contributed by atoms with Crippen molar-refractivity contribution in [2.45, 2.75) is 18.7 Å². The molecule has 9 heteroatoms. The minimum absolute atomic E-state index is 0.0805. The van der Waals surface area contributed by atoms with Crippen LogP contribution in [0.25, 0.3) is 11.0 Å². The fourth-order valence-electron chi connectivity index (χ4n) is 2.87. The largest absolute Gasteiger partial charge is 0.487 e. The molecule has 3 heterocycles. The first kappa shape index (κ1) is 17.3. The van der Waals surface area contributed by atoms with Gasteiger partial charge in [-0.25, -0.2) is 0 Å². The molecule has 3 aromatic rings. The van der Waals surface area contributed by atoms with E-state index in [1.165, 1.54) is 6.07 Å². The number of carbonyl (C=O) groups excluding carboxylic acids is 1. The molecular formula is C18H14F3N3O3. The molecule has 0 saturated carbocycles. The Hall–Kier alpha value is -3.10. The maximum Gasteiger partial charge on any atom is 0.433 e. The molecule has 0 unspecified atom stereocenters. The summed E-state index contributed by atoms with van der Waals surface area (Å²) >= 11 is 0. The Balaban J connectivity index is 1.34. The van der Waals surface area contributed by atoms with Gasteiger partial charge in [-0.05, 0) is 18.2 Å². The SMILES string of the molecule is O=C(Cc1noc2ccccc12)N1CC(Oc2ccnc(C(F)(F)F)c2)C1. The van der Waals surface area contributed by atoms with E-state index in [4.69, 9.17) is 9.26 Å². The number of fused-ring (bicyclic) bond motifs is 1. The molecule has 27 heavy (non-hydrogen) atoms. The van der Waals surface area contributed by atoms with Crippen molar-refractivity contribution in [3.8, 4) is 5.75 Å². The molecule has 0 spiro atoms. The summed E-state index contributed by atoms with van der Waals surface area (Å²) in [5.74, 6) is -0.0588. The van der Waals surface area contributed by atoms with Gasteiger partial charge >= 0.3 is 6.18 Å². The topological polar surface area (TPSA) is 68.5 Å². The van der Waals surface area contributed by atoms with Gasteiger partial charge in [0.1, 0.15) is 23.2 Å². The van der Waals surface area contributed by atoms with Gasteiger partial charge in [-0.1, -0.05) is 17.3 Å². The number of pyridine rings is 1. The first-order chi connectivity index (χ1) is 12.9. The Bertz CT molecular complexity index is 980. The Morgan fingerprint density at radius 1 is 1.26 bits per heavy atom. The highest BCUT2D eigenvalue weighted by Crippen LogP contribution is 2.30. The second-order valence-electron chi connectivity index (χ2n) is 6.22. The summed E-state index contributed by atoms with van der Waals surface area (Å²) in [7, 11) is 0. The highest BCUT2D eigenvalue weighted by atomic mass is 19.4. The summed E-state index contributed by atoms with van der Waals surface area (Å²) in [6.45, 7) is 0.608. The number of hydrogen-bond donors (Lipinski definition) is 0. The van der Waals surface area contributed by atoms with Crippen molar-refractivity contribution in [2.75, 3.05) is 13.1 Å². The van der Waals surface area contributed by atoms with E-state index in [1.807, 2.05) is 18.2 Å². The van der Waals surface area contributed by atoms with E-state index >= 15 is 0 Å². The Morgan fingerprint density at radius 3 is 2.81 bits per heavy atom. The Labute approximate surface area is 151 Å². The lowest BCUT2D eigenvalue weighted by Crippen LogP contribution is -2.56. The summed E-state index contributed by atoms with van der Waals surface area (Å²) in [5.41, 5.74) is 0.164. The second-order valence-corrected chi connectivity index (χ2v) is 6.22. The number of aromatic nitrogens is 2. The van der Waals surface area contributed by atoms with Crippen molar-refractivity contribution >= 4 is 16.9 Å². The molecule has 1 saturated heterocycles. The van der Waals surface area contributed by atoms with E-state index in [1.54, 1.807) is 11.0 Å². The molecule has 6 nitrogen and oxygen atoms in total. The molecule has 1 aliphatic heterocycles. The Morgan fingerprint density at radius 2 is 2.04 bits per heavy atom. The smallest absolute Gasteiger partial charge is 0.433 e. The van der Waals surface area contributed by atoms with Crippen molar-refractivity contribution in [1.82, 2.24) is 15.0 Å². The second kappa shape index (κ2) is 6.57. The van der Waals surface area contributed by atoms with Crippen molar-refractivity contribution in [2.24, 2.45) is 0 Å². The molecule has 0 aliphatic carbocycles. The average Bonchev–Trinajstić information content (AvgIpc) is 3.00. The molecule has 1 aliphatic rings. The predicted molar refractivity (Wildman–Crippen MR) is 87.9 cm³/mol. The number of alkyl halides is 3. The molecule has 1 amide bonds. The number of benzene rings is 1. The maximum atomic E-state index is 12.7. The minimum Gasteiger partial charge on any atom is -0.487 e. The van der Waals surface area contributed by atoms with Gasteiger partial charge in [-0.15, -0.1) is 0 Å². The van der Waals surface area contributed by atoms with Gasteiger partial charge in [0.25, 0.3) is 0 Å². The number of amides is 1. The third kappa shape index (κ3) is 3.57. The highest BCUT2D eigenvalue weighted by molar-refractivity contribution is 5.86. The lowest BCUT2D eigenvalue weighted by molar-refractivity contribution is -0.141. The van der Waals surface area contributed by atoms with Gasteiger partial charge in [-0.3, -0.25) is 9.78 Å². The standard InChI is InChI=1S/C18H14F3N3O3/c19-18(20,21)16-7-11(5-6-22-16)26-12-9-24(10-12)17(25)8-14-13-3-1-2-4-15(13)27-23-14/h1-7,12H,8-10H2. The first-order valence-electron chi connectivity index (χ1n) is 8.21. The molecule has 1 aromatic carbocycles. The van der Waals surface area contributed by atoms with Gasteiger partial charge in [0.05, 0.1) is 19.5 Å². The van der Waals surface area contributed by atoms with E-state index in [0.29, 0.717) is 24.4 Å². The number of halogens is 3. The maximum absolute atomic E-state index is 12.7. The summed E-state index contributed by atoms with van der Waals surface area (Å²) in [6, 6.07) is 9.48. The molecule has 2 aromatic heterocycles. The van der Waals surface area contributed by atoms with Crippen LogP contribution in [0.5, 0.6) is 5.75 Å². The zero-order valence-corrected chi connectivity index (χ0v) is 13.9. The lowest BCUT2D eigenvalue weighted by Gasteiger charge is -2.39. The molecule has 1 fully saturated rings. The molecule has 140 valence electrons. The normalized spacial score (nSPS) is 15.0. The van der Waals surface area contributed by atoms with Crippen LogP contribution in [0, 0.1) is 0 Å². The van der Waals surface area contributed by atoms with E-state index in [-0.39, 0.29) is 24.2 Å². The zero-order chi connectivity index (χ0) is 19.0. The predicted octanol–water partition coefficient (Wildman–Crippen LogP) is 3.07. The van der Waals surface area contributed by atoms with Crippen molar-refractivity contribution in [3.63, 3.8) is 0 Å². The molecule has 0 atom stereocenters. The van der Waals surface area contributed by atoms with Crippen molar-refractivity contribution in [1.29, 1.82) is 0 Å². The fraction of sp³-hybridized carbons (Fsp3) is 0.278. The number of rotatable bonds is 4. The van der Waals surface area contributed by atoms with Crippen LogP contribution >= 0.6 is 0 Å². The third-order valence-corrected chi connectivity index (χ3v) is 4.30. The molecule has 4 rings (SSSR count). The number of likely N-dealkylation sites (tertiary alicyclic amines) is 1. The van der Waals surface area contributed by atoms with Gasteiger partial charge in [0, 0.05) is 17.6 Å². The van der Waals surface area contributed by atoms with Crippen LogP contribution in [0.1, 0.15) is 11.4 Å². The van der Waals surface area contributed by atoms with Gasteiger partial charge in [0.2, 0.25) is 5.91 Å². The highest BCUT2D eigenvalue weighted by Gasteiger charge is 2.35. The summed E-state index contributed by atoms with van der Waals surface area (Å²) in [6.07, 6.45) is -3.74.